The lowest BCUT2D eigenvalue weighted by atomic mass is 10.1. The van der Waals surface area contributed by atoms with Crippen molar-refractivity contribution in [3.05, 3.63) is 58.6 Å². The van der Waals surface area contributed by atoms with E-state index in [-0.39, 0.29) is 17.7 Å². The summed E-state index contributed by atoms with van der Waals surface area (Å²) in [6.07, 6.45) is 0.451. The van der Waals surface area contributed by atoms with Crippen LogP contribution in [0.2, 0.25) is 5.02 Å². The highest BCUT2D eigenvalue weighted by molar-refractivity contribution is 8.15. The lowest BCUT2D eigenvalue weighted by Gasteiger charge is -2.14. The minimum atomic E-state index is -0.437. The molecule has 0 bridgehead atoms. The Morgan fingerprint density at radius 3 is 2.31 bits per heavy atom. The minimum absolute atomic E-state index is 0.176. The summed E-state index contributed by atoms with van der Waals surface area (Å²) in [5, 5.41) is -0.0446. The number of carbonyl (C=O) groups excluding carboxylic acids is 2. The number of rotatable bonds is 6. The molecule has 0 N–H and O–H groups in total. The fourth-order valence-electron chi connectivity index (χ4n) is 2.77. The van der Waals surface area contributed by atoms with Crippen LogP contribution in [0.4, 0.5) is 4.79 Å². The predicted octanol–water partition coefficient (Wildman–Crippen LogP) is 4.16. The first-order chi connectivity index (χ1) is 12.5. The molecule has 1 saturated heterocycles. The minimum Gasteiger partial charge on any atom is -0.493 e. The highest BCUT2D eigenvalue weighted by Crippen LogP contribution is 2.33. The highest BCUT2D eigenvalue weighted by Gasteiger charge is 2.39. The Morgan fingerprint density at radius 2 is 1.65 bits per heavy atom. The van der Waals surface area contributed by atoms with E-state index in [0.29, 0.717) is 22.9 Å². The van der Waals surface area contributed by atoms with Crippen molar-refractivity contribution in [1.29, 1.82) is 0 Å². The Hall–Kier alpha value is -2.18. The van der Waals surface area contributed by atoms with Crippen molar-refractivity contribution in [1.82, 2.24) is 4.90 Å². The summed E-state index contributed by atoms with van der Waals surface area (Å²) < 4.78 is 10.5. The van der Waals surface area contributed by atoms with Gasteiger partial charge >= 0.3 is 0 Å². The van der Waals surface area contributed by atoms with E-state index in [1.165, 1.54) is 4.90 Å². The number of carbonyl (C=O) groups is 2. The van der Waals surface area contributed by atoms with Crippen LogP contribution in [-0.2, 0) is 17.8 Å². The first-order valence-corrected chi connectivity index (χ1v) is 9.25. The molecule has 1 fully saturated rings. The molecule has 1 atom stereocenters. The van der Waals surface area contributed by atoms with E-state index in [0.717, 1.165) is 22.9 Å². The number of hydrogen-bond donors (Lipinski definition) is 0. The molecule has 7 heteroatoms. The maximum Gasteiger partial charge on any atom is 0.289 e. The first kappa shape index (κ1) is 18.6. The fraction of sp³-hybridized carbons (Fsp3) is 0.263. The van der Waals surface area contributed by atoms with Gasteiger partial charge in [-0.1, -0.05) is 41.6 Å². The number of imide groups is 1. The molecule has 0 saturated carbocycles. The average Bonchev–Trinajstić information content (AvgIpc) is 2.90. The molecule has 2 aromatic rings. The summed E-state index contributed by atoms with van der Waals surface area (Å²) in [6, 6.07) is 12.6. The number of nitrogens with zero attached hydrogens (tertiary/aromatic N) is 1. The lowest BCUT2D eigenvalue weighted by molar-refractivity contribution is -0.127. The monoisotopic (exact) mass is 391 g/mol. The van der Waals surface area contributed by atoms with E-state index in [1.54, 1.807) is 32.4 Å². The van der Waals surface area contributed by atoms with Gasteiger partial charge in [0.1, 0.15) is 0 Å². The topological polar surface area (TPSA) is 55.8 Å². The molecule has 0 aliphatic carbocycles. The van der Waals surface area contributed by atoms with Gasteiger partial charge in [-0.05, 0) is 41.8 Å². The third-order valence-corrected chi connectivity index (χ3v) is 5.45. The Balaban J connectivity index is 1.71. The number of methoxy groups -OCH3 is 2. The van der Waals surface area contributed by atoms with Gasteiger partial charge < -0.3 is 9.47 Å². The van der Waals surface area contributed by atoms with Crippen LogP contribution in [0.15, 0.2) is 42.5 Å². The third-order valence-electron chi connectivity index (χ3n) is 4.13. The van der Waals surface area contributed by atoms with Gasteiger partial charge in [-0.2, -0.15) is 0 Å². The van der Waals surface area contributed by atoms with Crippen molar-refractivity contribution in [2.24, 2.45) is 0 Å². The van der Waals surface area contributed by atoms with Gasteiger partial charge in [0.2, 0.25) is 5.91 Å². The second-order valence-corrected chi connectivity index (χ2v) is 7.41. The number of halogens is 1. The maximum absolute atomic E-state index is 12.7. The second-order valence-electron chi connectivity index (χ2n) is 5.82. The summed E-state index contributed by atoms with van der Waals surface area (Å²) in [5.41, 5.74) is 1.78. The van der Waals surface area contributed by atoms with E-state index in [9.17, 15) is 9.59 Å². The summed E-state index contributed by atoms with van der Waals surface area (Å²) in [5.74, 6) is 1.05. The second kappa shape index (κ2) is 8.01. The molecular formula is C19H18ClNO4S. The summed E-state index contributed by atoms with van der Waals surface area (Å²) >= 11 is 6.94. The number of thioether (sulfide) groups is 1. The van der Waals surface area contributed by atoms with Gasteiger partial charge in [0, 0.05) is 5.02 Å². The molecule has 136 valence electrons. The zero-order chi connectivity index (χ0) is 18.7. The smallest absolute Gasteiger partial charge is 0.289 e. The van der Waals surface area contributed by atoms with Crippen molar-refractivity contribution in [3.8, 4) is 11.5 Å². The molecule has 0 unspecified atom stereocenters. The Labute approximate surface area is 161 Å². The largest absolute Gasteiger partial charge is 0.493 e. The van der Waals surface area contributed by atoms with Gasteiger partial charge in [-0.25, -0.2) is 0 Å². The molecule has 3 rings (SSSR count). The van der Waals surface area contributed by atoms with Crippen LogP contribution in [0.3, 0.4) is 0 Å². The summed E-state index contributed by atoms with van der Waals surface area (Å²) in [4.78, 5) is 26.2. The molecule has 1 aliphatic rings. The fourth-order valence-corrected chi connectivity index (χ4v) is 3.92. The molecule has 1 aliphatic heterocycles. The molecule has 5 nitrogen and oxygen atoms in total. The van der Waals surface area contributed by atoms with Gasteiger partial charge in [0.05, 0.1) is 26.0 Å². The van der Waals surface area contributed by atoms with Crippen molar-refractivity contribution < 1.29 is 19.1 Å². The maximum atomic E-state index is 12.7. The average molecular weight is 392 g/mol. The van der Waals surface area contributed by atoms with E-state index < -0.39 is 5.25 Å². The van der Waals surface area contributed by atoms with Gasteiger partial charge in [0.25, 0.3) is 5.24 Å². The van der Waals surface area contributed by atoms with Crippen LogP contribution in [0.1, 0.15) is 11.1 Å². The van der Waals surface area contributed by atoms with Crippen molar-refractivity contribution in [2.75, 3.05) is 14.2 Å². The number of ether oxygens (including phenoxy) is 2. The van der Waals surface area contributed by atoms with Gasteiger partial charge in [0.15, 0.2) is 11.5 Å². The third kappa shape index (κ3) is 3.97. The molecule has 26 heavy (non-hydrogen) atoms. The lowest BCUT2D eigenvalue weighted by Crippen LogP contribution is -2.31. The van der Waals surface area contributed by atoms with Crippen LogP contribution < -0.4 is 9.47 Å². The predicted molar refractivity (Wildman–Crippen MR) is 102 cm³/mol. The number of benzene rings is 2. The van der Waals surface area contributed by atoms with Gasteiger partial charge in [-0.15, -0.1) is 0 Å². The van der Waals surface area contributed by atoms with Crippen LogP contribution in [0.25, 0.3) is 0 Å². The van der Waals surface area contributed by atoms with Crippen molar-refractivity contribution >= 4 is 34.5 Å². The van der Waals surface area contributed by atoms with E-state index in [2.05, 4.69) is 0 Å². The quantitative estimate of drug-likeness (QED) is 0.739. The van der Waals surface area contributed by atoms with Crippen LogP contribution >= 0.6 is 23.4 Å². The zero-order valence-electron chi connectivity index (χ0n) is 14.4. The standard InChI is InChI=1S/C19H18ClNO4S/c1-24-15-8-5-13(9-16(15)25-2)10-17-18(22)21(19(23)26-17)11-12-3-6-14(20)7-4-12/h3-9,17H,10-11H2,1-2H3/t17-/m1/s1. The van der Waals surface area contributed by atoms with Crippen molar-refractivity contribution in [2.45, 2.75) is 18.2 Å². The SMILES string of the molecule is COc1ccc(C[C@H]2SC(=O)N(Cc3ccc(Cl)cc3)C2=O)cc1OC. The van der Waals surface area contributed by atoms with E-state index in [4.69, 9.17) is 21.1 Å². The Morgan fingerprint density at radius 1 is 1.00 bits per heavy atom. The molecule has 0 radical (unpaired) electrons. The van der Waals surface area contributed by atoms with E-state index in [1.807, 2.05) is 24.3 Å². The van der Waals surface area contributed by atoms with Crippen LogP contribution in [0, 0.1) is 0 Å². The van der Waals surface area contributed by atoms with Crippen molar-refractivity contribution in [3.63, 3.8) is 0 Å². The molecule has 1 heterocycles. The molecule has 2 aromatic carbocycles. The summed E-state index contributed by atoms with van der Waals surface area (Å²) in [7, 11) is 3.13. The Bertz CT molecular complexity index is 825. The van der Waals surface area contributed by atoms with Crippen LogP contribution in [-0.4, -0.2) is 35.5 Å². The normalized spacial score (nSPS) is 16.9. The van der Waals surface area contributed by atoms with Gasteiger partial charge in [-0.3, -0.25) is 14.5 Å². The molecule has 2 amide bonds. The highest BCUT2D eigenvalue weighted by atomic mass is 35.5. The van der Waals surface area contributed by atoms with Crippen LogP contribution in [0.5, 0.6) is 11.5 Å². The molecular weight excluding hydrogens is 374 g/mol. The number of hydrogen-bond acceptors (Lipinski definition) is 5. The zero-order valence-corrected chi connectivity index (χ0v) is 16.0. The molecule has 0 aromatic heterocycles. The Kier molecular flexibility index (Phi) is 5.74. The first-order valence-electron chi connectivity index (χ1n) is 7.99. The number of amides is 2. The molecule has 0 spiro atoms. The van der Waals surface area contributed by atoms with E-state index >= 15 is 0 Å². The summed E-state index contributed by atoms with van der Waals surface area (Å²) in [6.45, 7) is 0.254.